The van der Waals surface area contributed by atoms with Crippen molar-refractivity contribution < 1.29 is 14.3 Å². The van der Waals surface area contributed by atoms with Gasteiger partial charge in [0.25, 0.3) is 0 Å². The first-order valence-electron chi connectivity index (χ1n) is 7.76. The Morgan fingerprint density at radius 2 is 1.88 bits per heavy atom. The van der Waals surface area contributed by atoms with Crippen LogP contribution in [0.15, 0.2) is 12.1 Å². The van der Waals surface area contributed by atoms with Crippen molar-refractivity contribution in [1.29, 1.82) is 0 Å². The van der Waals surface area contributed by atoms with Crippen LogP contribution in [-0.4, -0.2) is 73.2 Å². The van der Waals surface area contributed by atoms with Gasteiger partial charge >= 0.3 is 0 Å². The first-order valence-corrected chi connectivity index (χ1v) is 9.53. The Balaban J connectivity index is 1.90. The highest BCUT2D eigenvalue weighted by Crippen LogP contribution is 2.35. The van der Waals surface area contributed by atoms with Crippen LogP contribution < -0.4 is 14.8 Å². The second-order valence-corrected chi connectivity index (χ2v) is 7.60. The lowest BCUT2D eigenvalue weighted by atomic mass is 10.2. The molecule has 138 valence electrons. The molecule has 1 aromatic carbocycles. The zero-order valence-electron chi connectivity index (χ0n) is 14.5. The highest BCUT2D eigenvalue weighted by Gasteiger charge is 2.18. The number of thiocarbonyl (C=S) groups is 1. The molecule has 1 amide bonds. The number of amides is 1. The normalized spacial score (nSPS) is 15.0. The second-order valence-electron chi connectivity index (χ2n) is 5.58. The molecule has 1 aliphatic heterocycles. The van der Waals surface area contributed by atoms with E-state index in [1.807, 2.05) is 0 Å². The van der Waals surface area contributed by atoms with E-state index >= 15 is 0 Å². The van der Waals surface area contributed by atoms with Crippen LogP contribution >= 0.6 is 35.6 Å². The van der Waals surface area contributed by atoms with Crippen LogP contribution in [0.2, 0.25) is 5.02 Å². The molecule has 1 fully saturated rings. The standard InChI is InChI=1S/C16H22ClN3O3S2/c1-19-4-6-20(7-5-19)16(24)25-10-15(21)18-12-8-11(17)13(22-2)9-14(12)23-3/h8-9H,4-7,10H2,1-3H3,(H,18,21). The van der Waals surface area contributed by atoms with Gasteiger partial charge in [0.2, 0.25) is 5.91 Å². The van der Waals surface area contributed by atoms with E-state index in [9.17, 15) is 4.79 Å². The molecule has 1 aliphatic rings. The predicted octanol–water partition coefficient (Wildman–Crippen LogP) is 2.56. The SMILES string of the molecule is COc1cc(OC)c(NC(=O)CSC(=S)N2CCN(C)CC2)cc1Cl. The molecule has 1 saturated heterocycles. The monoisotopic (exact) mass is 403 g/mol. The molecule has 1 heterocycles. The number of anilines is 1. The van der Waals surface area contributed by atoms with E-state index in [4.69, 9.17) is 33.3 Å². The average Bonchev–Trinajstić information content (AvgIpc) is 2.60. The number of thioether (sulfide) groups is 1. The Hall–Kier alpha value is -1.22. The maximum Gasteiger partial charge on any atom is 0.234 e. The van der Waals surface area contributed by atoms with Crippen molar-refractivity contribution in [3.8, 4) is 11.5 Å². The van der Waals surface area contributed by atoms with Crippen LogP contribution in [0, 0.1) is 0 Å². The molecule has 25 heavy (non-hydrogen) atoms. The Labute approximate surface area is 162 Å². The molecule has 9 heteroatoms. The summed E-state index contributed by atoms with van der Waals surface area (Å²) in [5.74, 6) is 1.04. The first-order chi connectivity index (χ1) is 11.9. The molecular formula is C16H22ClN3O3S2. The largest absolute Gasteiger partial charge is 0.495 e. The fourth-order valence-electron chi connectivity index (χ4n) is 2.35. The fourth-order valence-corrected chi connectivity index (χ4v) is 3.64. The van der Waals surface area contributed by atoms with Gasteiger partial charge in [0.1, 0.15) is 15.8 Å². The molecule has 0 aromatic heterocycles. The molecule has 0 atom stereocenters. The van der Waals surface area contributed by atoms with Crippen LogP contribution in [0.1, 0.15) is 0 Å². The summed E-state index contributed by atoms with van der Waals surface area (Å²) < 4.78 is 11.2. The molecule has 0 bridgehead atoms. The molecule has 0 aliphatic carbocycles. The van der Waals surface area contributed by atoms with Crippen molar-refractivity contribution in [2.75, 3.05) is 58.5 Å². The van der Waals surface area contributed by atoms with E-state index in [0.717, 1.165) is 30.5 Å². The zero-order valence-corrected chi connectivity index (χ0v) is 16.9. The summed E-state index contributed by atoms with van der Waals surface area (Å²) in [5, 5.41) is 3.21. The van der Waals surface area contributed by atoms with Gasteiger partial charge in [-0.25, -0.2) is 0 Å². The molecule has 0 saturated carbocycles. The summed E-state index contributed by atoms with van der Waals surface area (Å²) in [6.07, 6.45) is 0. The number of rotatable bonds is 5. The lowest BCUT2D eigenvalue weighted by Crippen LogP contribution is -2.46. The van der Waals surface area contributed by atoms with E-state index in [1.54, 1.807) is 12.1 Å². The maximum atomic E-state index is 12.2. The molecule has 1 N–H and O–H groups in total. The minimum atomic E-state index is -0.166. The van der Waals surface area contributed by atoms with Crippen molar-refractivity contribution in [3.63, 3.8) is 0 Å². The third-order valence-electron chi connectivity index (χ3n) is 3.84. The lowest BCUT2D eigenvalue weighted by molar-refractivity contribution is -0.113. The molecule has 6 nitrogen and oxygen atoms in total. The van der Waals surface area contributed by atoms with Gasteiger partial charge in [0.15, 0.2) is 0 Å². The van der Waals surface area contributed by atoms with Gasteiger partial charge in [-0.3, -0.25) is 4.79 Å². The van der Waals surface area contributed by atoms with Crippen LogP contribution in [0.3, 0.4) is 0 Å². The van der Waals surface area contributed by atoms with Crippen molar-refractivity contribution in [2.24, 2.45) is 0 Å². The van der Waals surface area contributed by atoms with Crippen LogP contribution in [-0.2, 0) is 4.79 Å². The third kappa shape index (κ3) is 5.64. The number of carbonyl (C=O) groups excluding carboxylic acids is 1. The number of nitrogens with one attached hydrogen (secondary N) is 1. The van der Waals surface area contributed by atoms with Crippen LogP contribution in [0.4, 0.5) is 5.69 Å². The summed E-state index contributed by atoms with van der Waals surface area (Å²) in [4.78, 5) is 16.6. The Morgan fingerprint density at radius 1 is 1.24 bits per heavy atom. The summed E-state index contributed by atoms with van der Waals surface area (Å²) >= 11 is 12.9. The third-order valence-corrected chi connectivity index (χ3v) is 5.66. The van der Waals surface area contributed by atoms with Gasteiger partial charge in [0, 0.05) is 32.2 Å². The number of ether oxygens (including phenoxy) is 2. The highest BCUT2D eigenvalue weighted by molar-refractivity contribution is 8.23. The molecular weight excluding hydrogens is 382 g/mol. The smallest absolute Gasteiger partial charge is 0.234 e. The summed E-state index contributed by atoms with van der Waals surface area (Å²) in [7, 11) is 5.14. The maximum absolute atomic E-state index is 12.2. The predicted molar refractivity (Wildman–Crippen MR) is 107 cm³/mol. The van der Waals surface area contributed by atoms with E-state index in [2.05, 4.69) is 22.2 Å². The molecule has 0 spiro atoms. The van der Waals surface area contributed by atoms with Crippen molar-refractivity contribution >= 4 is 51.5 Å². The first kappa shape index (κ1) is 20.1. The van der Waals surface area contributed by atoms with E-state index in [1.165, 1.54) is 26.0 Å². The van der Waals surface area contributed by atoms with Crippen molar-refractivity contribution in [3.05, 3.63) is 17.2 Å². The molecule has 1 aromatic rings. The summed E-state index contributed by atoms with van der Waals surface area (Å²) in [5.41, 5.74) is 0.504. The van der Waals surface area contributed by atoms with E-state index < -0.39 is 0 Å². The quantitative estimate of drug-likeness (QED) is 0.758. The zero-order chi connectivity index (χ0) is 18.4. The number of halogens is 1. The van der Waals surface area contributed by atoms with Crippen molar-refractivity contribution in [2.45, 2.75) is 0 Å². The van der Waals surface area contributed by atoms with Gasteiger partial charge in [-0.2, -0.15) is 0 Å². The molecule has 0 radical (unpaired) electrons. The minimum Gasteiger partial charge on any atom is -0.495 e. The topological polar surface area (TPSA) is 54.0 Å². The fraction of sp³-hybridized carbons (Fsp3) is 0.500. The van der Waals surface area contributed by atoms with Crippen LogP contribution in [0.5, 0.6) is 11.5 Å². The Bertz CT molecular complexity index is 637. The van der Waals surface area contributed by atoms with Gasteiger partial charge in [-0.1, -0.05) is 35.6 Å². The van der Waals surface area contributed by atoms with E-state index in [-0.39, 0.29) is 11.7 Å². The van der Waals surface area contributed by atoms with E-state index in [0.29, 0.717) is 22.2 Å². The van der Waals surface area contributed by atoms with Gasteiger partial charge in [-0.05, 0) is 13.1 Å². The second kappa shape index (κ2) is 9.47. The Morgan fingerprint density at radius 3 is 2.48 bits per heavy atom. The summed E-state index contributed by atoms with van der Waals surface area (Å²) in [6, 6.07) is 3.25. The van der Waals surface area contributed by atoms with Gasteiger partial charge < -0.3 is 24.6 Å². The van der Waals surface area contributed by atoms with Crippen LogP contribution in [0.25, 0.3) is 0 Å². The Kier molecular flexibility index (Phi) is 7.61. The number of piperazine rings is 1. The minimum absolute atomic E-state index is 0.166. The number of nitrogens with zero attached hydrogens (tertiary/aromatic N) is 2. The molecule has 2 rings (SSSR count). The number of hydrogen-bond donors (Lipinski definition) is 1. The molecule has 0 unspecified atom stereocenters. The number of methoxy groups -OCH3 is 2. The number of likely N-dealkylation sites (N-methyl/N-ethyl adjacent to an activating group) is 1. The van der Waals surface area contributed by atoms with Gasteiger partial charge in [-0.15, -0.1) is 0 Å². The lowest BCUT2D eigenvalue weighted by Gasteiger charge is -2.33. The van der Waals surface area contributed by atoms with Crippen molar-refractivity contribution in [1.82, 2.24) is 9.80 Å². The highest BCUT2D eigenvalue weighted by atomic mass is 35.5. The summed E-state index contributed by atoms with van der Waals surface area (Å²) in [6.45, 7) is 3.75. The average molecular weight is 404 g/mol. The number of carbonyl (C=O) groups is 1. The number of benzene rings is 1. The number of hydrogen-bond acceptors (Lipinski definition) is 6. The van der Waals surface area contributed by atoms with Gasteiger partial charge in [0.05, 0.1) is 30.7 Å².